The summed E-state index contributed by atoms with van der Waals surface area (Å²) in [5.41, 5.74) is 3.05. The van der Waals surface area contributed by atoms with Crippen molar-refractivity contribution >= 4 is 0 Å². The topological polar surface area (TPSA) is 49.6 Å². The van der Waals surface area contributed by atoms with Crippen LogP contribution < -0.4 is 0 Å². The number of hydrogen-bond acceptors (Lipinski definition) is 3. The molecule has 0 amide bonds. The zero-order valence-electron chi connectivity index (χ0n) is 8.31. The van der Waals surface area contributed by atoms with Gasteiger partial charge in [0.05, 0.1) is 5.69 Å². The Balaban J connectivity index is 2.68. The van der Waals surface area contributed by atoms with E-state index in [0.717, 1.165) is 16.8 Å². The van der Waals surface area contributed by atoms with Crippen LogP contribution in [0.15, 0.2) is 36.7 Å². The molecule has 0 radical (unpaired) electrons. The molecular formula is C12H9N3. The standard InChI is InChI=1S/C12H9N3/c1-9-5-7-15-11(8-13)12(9)10-4-2-3-6-14-10/h2-7H,1H3. The van der Waals surface area contributed by atoms with Gasteiger partial charge in [0.1, 0.15) is 11.8 Å². The minimum absolute atomic E-state index is 0.425. The lowest BCUT2D eigenvalue weighted by atomic mass is 10.0. The molecule has 15 heavy (non-hydrogen) atoms. The number of aromatic nitrogens is 2. The first-order valence-corrected chi connectivity index (χ1v) is 4.60. The maximum Gasteiger partial charge on any atom is 0.150 e. The third-order valence-electron chi connectivity index (χ3n) is 2.19. The minimum Gasteiger partial charge on any atom is -0.256 e. The molecule has 2 aromatic heterocycles. The first-order valence-electron chi connectivity index (χ1n) is 4.60. The Kier molecular flexibility index (Phi) is 2.42. The summed E-state index contributed by atoms with van der Waals surface area (Å²) in [5.74, 6) is 0. The lowest BCUT2D eigenvalue weighted by molar-refractivity contribution is 1.21. The fourth-order valence-corrected chi connectivity index (χ4v) is 1.48. The van der Waals surface area contributed by atoms with Gasteiger partial charge in [-0.05, 0) is 30.7 Å². The largest absolute Gasteiger partial charge is 0.256 e. The Morgan fingerprint density at radius 1 is 1.13 bits per heavy atom. The zero-order chi connectivity index (χ0) is 10.7. The van der Waals surface area contributed by atoms with Gasteiger partial charge >= 0.3 is 0 Å². The van der Waals surface area contributed by atoms with E-state index in [0.29, 0.717) is 5.69 Å². The second kappa shape index (κ2) is 3.89. The summed E-state index contributed by atoms with van der Waals surface area (Å²) < 4.78 is 0. The van der Waals surface area contributed by atoms with E-state index in [4.69, 9.17) is 5.26 Å². The van der Waals surface area contributed by atoms with E-state index in [1.54, 1.807) is 12.4 Å². The molecule has 0 bridgehead atoms. The third kappa shape index (κ3) is 1.70. The molecule has 0 saturated carbocycles. The minimum atomic E-state index is 0.425. The highest BCUT2D eigenvalue weighted by Gasteiger charge is 2.09. The van der Waals surface area contributed by atoms with Gasteiger partial charge in [-0.3, -0.25) is 4.98 Å². The van der Waals surface area contributed by atoms with Crippen molar-refractivity contribution in [2.24, 2.45) is 0 Å². The summed E-state index contributed by atoms with van der Waals surface area (Å²) >= 11 is 0. The van der Waals surface area contributed by atoms with E-state index in [-0.39, 0.29) is 0 Å². The number of nitriles is 1. The van der Waals surface area contributed by atoms with Gasteiger partial charge in [0.15, 0.2) is 0 Å². The average Bonchev–Trinajstić information content (AvgIpc) is 2.29. The molecule has 3 heteroatoms. The molecule has 2 rings (SSSR count). The van der Waals surface area contributed by atoms with Crippen molar-refractivity contribution in [1.29, 1.82) is 5.26 Å². The van der Waals surface area contributed by atoms with Crippen LogP contribution in [0.2, 0.25) is 0 Å². The Labute approximate surface area is 88.1 Å². The zero-order valence-corrected chi connectivity index (χ0v) is 8.31. The van der Waals surface area contributed by atoms with Crippen LogP contribution in [0.4, 0.5) is 0 Å². The first kappa shape index (κ1) is 9.35. The van der Waals surface area contributed by atoms with Crippen LogP contribution in [0.3, 0.4) is 0 Å². The van der Waals surface area contributed by atoms with Gasteiger partial charge in [0.25, 0.3) is 0 Å². The molecular weight excluding hydrogens is 186 g/mol. The molecule has 2 heterocycles. The quantitative estimate of drug-likeness (QED) is 0.701. The van der Waals surface area contributed by atoms with Crippen molar-refractivity contribution in [1.82, 2.24) is 9.97 Å². The van der Waals surface area contributed by atoms with E-state index >= 15 is 0 Å². The number of pyridine rings is 2. The fraction of sp³-hybridized carbons (Fsp3) is 0.0833. The lowest BCUT2D eigenvalue weighted by Crippen LogP contribution is -1.93. The molecule has 0 aromatic carbocycles. The molecule has 3 nitrogen and oxygen atoms in total. The van der Waals surface area contributed by atoms with E-state index in [1.807, 2.05) is 31.2 Å². The van der Waals surface area contributed by atoms with E-state index < -0.39 is 0 Å². The summed E-state index contributed by atoms with van der Waals surface area (Å²) in [7, 11) is 0. The monoisotopic (exact) mass is 195 g/mol. The van der Waals surface area contributed by atoms with E-state index in [1.165, 1.54) is 0 Å². The van der Waals surface area contributed by atoms with Crippen LogP contribution in [-0.4, -0.2) is 9.97 Å². The molecule has 0 aliphatic rings. The second-order valence-corrected chi connectivity index (χ2v) is 3.18. The smallest absolute Gasteiger partial charge is 0.150 e. The van der Waals surface area contributed by atoms with Gasteiger partial charge < -0.3 is 0 Å². The van der Waals surface area contributed by atoms with Crippen LogP contribution in [0.1, 0.15) is 11.3 Å². The number of rotatable bonds is 1. The molecule has 0 spiro atoms. The average molecular weight is 195 g/mol. The Hall–Kier alpha value is -2.21. The molecule has 72 valence electrons. The maximum absolute atomic E-state index is 8.96. The van der Waals surface area contributed by atoms with Gasteiger partial charge in [-0.25, -0.2) is 4.98 Å². The molecule has 0 fully saturated rings. The van der Waals surface area contributed by atoms with Crippen LogP contribution >= 0.6 is 0 Å². The molecule has 0 saturated heterocycles. The van der Waals surface area contributed by atoms with E-state index in [9.17, 15) is 0 Å². The number of hydrogen-bond donors (Lipinski definition) is 0. The van der Waals surface area contributed by atoms with Gasteiger partial charge in [0, 0.05) is 18.0 Å². The highest BCUT2D eigenvalue weighted by atomic mass is 14.7. The van der Waals surface area contributed by atoms with Crippen LogP contribution in [0.25, 0.3) is 11.3 Å². The Morgan fingerprint density at radius 2 is 2.00 bits per heavy atom. The van der Waals surface area contributed by atoms with Crippen molar-refractivity contribution in [3.63, 3.8) is 0 Å². The number of nitrogens with zero attached hydrogens (tertiary/aromatic N) is 3. The highest BCUT2D eigenvalue weighted by Crippen LogP contribution is 2.23. The summed E-state index contributed by atoms with van der Waals surface area (Å²) in [6, 6.07) is 9.59. The Bertz CT molecular complexity index is 512. The predicted octanol–water partition coefficient (Wildman–Crippen LogP) is 2.32. The molecule has 2 aromatic rings. The normalized spacial score (nSPS) is 9.60. The summed E-state index contributed by atoms with van der Waals surface area (Å²) in [5, 5.41) is 8.96. The van der Waals surface area contributed by atoms with E-state index in [2.05, 4.69) is 16.0 Å². The van der Waals surface area contributed by atoms with Crippen molar-refractivity contribution in [2.75, 3.05) is 0 Å². The van der Waals surface area contributed by atoms with Gasteiger partial charge in [-0.1, -0.05) is 6.07 Å². The van der Waals surface area contributed by atoms with Crippen LogP contribution in [-0.2, 0) is 0 Å². The predicted molar refractivity (Wildman–Crippen MR) is 56.9 cm³/mol. The molecule has 0 atom stereocenters. The first-order chi connectivity index (χ1) is 7.33. The molecule has 0 N–H and O–H groups in total. The van der Waals surface area contributed by atoms with Crippen molar-refractivity contribution in [3.05, 3.63) is 47.9 Å². The van der Waals surface area contributed by atoms with Gasteiger partial charge in [0.2, 0.25) is 0 Å². The van der Waals surface area contributed by atoms with Crippen LogP contribution in [0.5, 0.6) is 0 Å². The second-order valence-electron chi connectivity index (χ2n) is 3.18. The van der Waals surface area contributed by atoms with Crippen molar-refractivity contribution < 1.29 is 0 Å². The van der Waals surface area contributed by atoms with Gasteiger partial charge in [-0.15, -0.1) is 0 Å². The molecule has 0 unspecified atom stereocenters. The highest BCUT2D eigenvalue weighted by molar-refractivity contribution is 5.68. The Morgan fingerprint density at radius 3 is 2.67 bits per heavy atom. The summed E-state index contributed by atoms with van der Waals surface area (Å²) in [4.78, 5) is 8.26. The maximum atomic E-state index is 8.96. The van der Waals surface area contributed by atoms with Crippen LogP contribution in [0, 0.1) is 18.3 Å². The number of aryl methyl sites for hydroxylation is 1. The fourth-order valence-electron chi connectivity index (χ4n) is 1.48. The SMILES string of the molecule is Cc1ccnc(C#N)c1-c1ccccn1. The lowest BCUT2D eigenvalue weighted by Gasteiger charge is -2.05. The summed E-state index contributed by atoms with van der Waals surface area (Å²) in [6.07, 6.45) is 3.35. The molecule has 0 aliphatic carbocycles. The van der Waals surface area contributed by atoms with Gasteiger partial charge in [-0.2, -0.15) is 5.26 Å². The van der Waals surface area contributed by atoms with Crippen molar-refractivity contribution in [2.45, 2.75) is 6.92 Å². The summed E-state index contributed by atoms with van der Waals surface area (Å²) in [6.45, 7) is 1.95. The third-order valence-corrected chi connectivity index (χ3v) is 2.19. The molecule has 0 aliphatic heterocycles. The van der Waals surface area contributed by atoms with Crippen molar-refractivity contribution in [3.8, 4) is 17.3 Å².